The van der Waals surface area contributed by atoms with Gasteiger partial charge < -0.3 is 19.9 Å². The van der Waals surface area contributed by atoms with Crippen LogP contribution in [0.4, 0.5) is 5.69 Å². The van der Waals surface area contributed by atoms with Crippen LogP contribution in [0.3, 0.4) is 0 Å². The van der Waals surface area contributed by atoms with E-state index in [0.29, 0.717) is 0 Å². The lowest BCUT2D eigenvalue weighted by Crippen LogP contribution is -2.34. The summed E-state index contributed by atoms with van der Waals surface area (Å²) in [5.41, 5.74) is 0.237. The Morgan fingerprint density at radius 1 is 1.25 bits per heavy atom. The fraction of sp³-hybridized carbons (Fsp3) is 0.333. The molecule has 1 aliphatic heterocycles. The van der Waals surface area contributed by atoms with Crippen molar-refractivity contribution in [3.63, 3.8) is 0 Å². The molecule has 0 radical (unpaired) electrons. The number of amides is 2. The summed E-state index contributed by atoms with van der Waals surface area (Å²) in [6, 6.07) is 2.56. The molecule has 2 rings (SSSR count). The van der Waals surface area contributed by atoms with Crippen molar-refractivity contribution in [3.8, 4) is 11.5 Å². The van der Waals surface area contributed by atoms with Gasteiger partial charge in [0.05, 0.1) is 25.5 Å². The minimum Gasteiger partial charge on any atom is -0.493 e. The number of ether oxygens (including phenoxy) is 2. The van der Waals surface area contributed by atoms with Gasteiger partial charge in [-0.05, 0) is 12.1 Å². The van der Waals surface area contributed by atoms with Gasteiger partial charge in [-0.1, -0.05) is 0 Å². The number of carboxylic acids is 1. The second kappa shape index (κ2) is 6.99. The van der Waals surface area contributed by atoms with Crippen LogP contribution < -0.4 is 14.8 Å². The highest BCUT2D eigenvalue weighted by molar-refractivity contribution is 6.43. The standard InChI is InChI=1S/C15H17N3O6/c1-18-12(19)5-4-9(17-18)14(20)16-10-6-8(15(21)22)7-11(23-2)13(10)24-3/h6-7H,4-5H2,1-3H3,(H,16,20)(H,21,22). The van der Waals surface area contributed by atoms with Crippen molar-refractivity contribution in [2.45, 2.75) is 12.8 Å². The summed E-state index contributed by atoms with van der Waals surface area (Å²) in [7, 11) is 4.20. The third kappa shape index (κ3) is 3.45. The average Bonchev–Trinajstić information content (AvgIpc) is 2.56. The normalized spacial score (nSPS) is 14.0. The fourth-order valence-electron chi connectivity index (χ4n) is 2.21. The van der Waals surface area contributed by atoms with Crippen molar-refractivity contribution in [1.29, 1.82) is 0 Å². The molecule has 0 unspecified atom stereocenters. The van der Waals surface area contributed by atoms with Crippen LogP contribution >= 0.6 is 0 Å². The maximum absolute atomic E-state index is 12.3. The first-order valence-electron chi connectivity index (χ1n) is 7.02. The zero-order valence-corrected chi connectivity index (χ0v) is 13.5. The van der Waals surface area contributed by atoms with E-state index in [1.165, 1.54) is 33.4 Å². The topological polar surface area (TPSA) is 118 Å². The second-order valence-corrected chi connectivity index (χ2v) is 4.98. The lowest BCUT2D eigenvalue weighted by atomic mass is 10.1. The first kappa shape index (κ1) is 17.3. The highest BCUT2D eigenvalue weighted by Gasteiger charge is 2.24. The fourth-order valence-corrected chi connectivity index (χ4v) is 2.21. The van der Waals surface area contributed by atoms with Gasteiger partial charge in [0.1, 0.15) is 5.71 Å². The molecule has 0 atom stereocenters. The number of carboxylic acid groups (broad SMARTS) is 1. The predicted octanol–water partition coefficient (Wildman–Crippen LogP) is 0.949. The summed E-state index contributed by atoms with van der Waals surface area (Å²) in [5, 5.41) is 16.7. The van der Waals surface area contributed by atoms with E-state index in [0.717, 1.165) is 5.01 Å². The van der Waals surface area contributed by atoms with Gasteiger partial charge in [0.15, 0.2) is 11.5 Å². The number of carbonyl (C=O) groups is 3. The van der Waals surface area contributed by atoms with Crippen LogP contribution in [0.25, 0.3) is 0 Å². The molecule has 1 aromatic rings. The van der Waals surface area contributed by atoms with Crippen LogP contribution in [0.5, 0.6) is 11.5 Å². The summed E-state index contributed by atoms with van der Waals surface area (Å²) in [6.45, 7) is 0. The third-order valence-corrected chi connectivity index (χ3v) is 3.44. The number of methoxy groups -OCH3 is 2. The summed E-state index contributed by atoms with van der Waals surface area (Å²) < 4.78 is 10.3. The van der Waals surface area contributed by atoms with E-state index in [2.05, 4.69) is 10.4 Å². The highest BCUT2D eigenvalue weighted by Crippen LogP contribution is 2.36. The molecule has 1 aliphatic rings. The van der Waals surface area contributed by atoms with E-state index < -0.39 is 11.9 Å². The molecule has 9 heteroatoms. The molecule has 24 heavy (non-hydrogen) atoms. The number of nitrogens with one attached hydrogen (secondary N) is 1. The average molecular weight is 335 g/mol. The Morgan fingerprint density at radius 3 is 2.50 bits per heavy atom. The van der Waals surface area contributed by atoms with E-state index in [1.807, 2.05) is 0 Å². The zero-order valence-electron chi connectivity index (χ0n) is 13.5. The number of nitrogens with zero attached hydrogens (tertiary/aromatic N) is 2. The number of hydrazone groups is 1. The highest BCUT2D eigenvalue weighted by atomic mass is 16.5. The van der Waals surface area contributed by atoms with Gasteiger partial charge in [-0.3, -0.25) is 9.59 Å². The van der Waals surface area contributed by atoms with Gasteiger partial charge in [0.25, 0.3) is 5.91 Å². The van der Waals surface area contributed by atoms with Crippen molar-refractivity contribution >= 4 is 29.2 Å². The molecule has 1 aromatic carbocycles. The van der Waals surface area contributed by atoms with E-state index in [9.17, 15) is 14.4 Å². The molecule has 0 spiro atoms. The first-order chi connectivity index (χ1) is 11.4. The molecule has 0 bridgehead atoms. The third-order valence-electron chi connectivity index (χ3n) is 3.44. The lowest BCUT2D eigenvalue weighted by molar-refractivity contribution is -0.130. The van der Waals surface area contributed by atoms with Crippen LogP contribution in [0.2, 0.25) is 0 Å². The second-order valence-electron chi connectivity index (χ2n) is 4.98. The van der Waals surface area contributed by atoms with Gasteiger partial charge in [0, 0.05) is 19.9 Å². The van der Waals surface area contributed by atoms with Gasteiger partial charge in [0.2, 0.25) is 5.91 Å². The summed E-state index contributed by atoms with van der Waals surface area (Å²) in [5.74, 6) is -1.54. The van der Waals surface area contributed by atoms with Gasteiger partial charge >= 0.3 is 5.97 Å². The Morgan fingerprint density at radius 2 is 1.96 bits per heavy atom. The molecule has 0 fully saturated rings. The van der Waals surface area contributed by atoms with Crippen LogP contribution in [-0.4, -0.2) is 54.9 Å². The number of hydrogen-bond donors (Lipinski definition) is 2. The maximum atomic E-state index is 12.3. The Hall–Kier alpha value is -3.10. The number of anilines is 1. The summed E-state index contributed by atoms with van der Waals surface area (Å²) in [6.07, 6.45) is 0.380. The molecule has 2 amide bonds. The molecule has 9 nitrogen and oxygen atoms in total. The molecule has 2 N–H and O–H groups in total. The lowest BCUT2D eigenvalue weighted by Gasteiger charge is -2.20. The largest absolute Gasteiger partial charge is 0.493 e. The van der Waals surface area contributed by atoms with Gasteiger partial charge in [-0.2, -0.15) is 5.10 Å². The minimum absolute atomic E-state index is 0.0687. The Balaban J connectivity index is 2.36. The van der Waals surface area contributed by atoms with E-state index in [1.54, 1.807) is 0 Å². The smallest absolute Gasteiger partial charge is 0.335 e. The molecule has 0 aliphatic carbocycles. The van der Waals surface area contributed by atoms with E-state index in [4.69, 9.17) is 14.6 Å². The van der Waals surface area contributed by atoms with E-state index in [-0.39, 0.29) is 47.2 Å². The number of rotatable bonds is 5. The molecular formula is C15H17N3O6. The monoisotopic (exact) mass is 335 g/mol. The predicted molar refractivity (Wildman–Crippen MR) is 84.6 cm³/mol. The quantitative estimate of drug-likeness (QED) is 0.827. The molecule has 0 saturated carbocycles. The number of benzene rings is 1. The van der Waals surface area contributed by atoms with Gasteiger partial charge in [-0.15, -0.1) is 0 Å². The molecule has 128 valence electrons. The van der Waals surface area contributed by atoms with Crippen LogP contribution in [0, 0.1) is 0 Å². The number of aromatic carboxylic acids is 1. The Kier molecular flexibility index (Phi) is 5.02. The molecule has 1 heterocycles. The first-order valence-corrected chi connectivity index (χ1v) is 7.02. The summed E-state index contributed by atoms with van der Waals surface area (Å²) in [4.78, 5) is 35.0. The van der Waals surface area contributed by atoms with Crippen molar-refractivity contribution in [1.82, 2.24) is 5.01 Å². The zero-order chi connectivity index (χ0) is 17.9. The molecule has 0 saturated heterocycles. The summed E-state index contributed by atoms with van der Waals surface area (Å²) >= 11 is 0. The van der Waals surface area contributed by atoms with Gasteiger partial charge in [-0.25, -0.2) is 9.80 Å². The minimum atomic E-state index is -1.17. The van der Waals surface area contributed by atoms with Crippen LogP contribution in [0.1, 0.15) is 23.2 Å². The molecular weight excluding hydrogens is 318 g/mol. The van der Waals surface area contributed by atoms with Crippen molar-refractivity contribution < 1.29 is 29.0 Å². The van der Waals surface area contributed by atoms with Crippen LogP contribution in [0.15, 0.2) is 17.2 Å². The van der Waals surface area contributed by atoms with Crippen molar-refractivity contribution in [3.05, 3.63) is 17.7 Å². The van der Waals surface area contributed by atoms with E-state index >= 15 is 0 Å². The maximum Gasteiger partial charge on any atom is 0.335 e. The Bertz CT molecular complexity index is 728. The van der Waals surface area contributed by atoms with Crippen molar-refractivity contribution in [2.75, 3.05) is 26.6 Å². The number of carbonyl (C=O) groups excluding carboxylic acids is 2. The number of hydrogen-bond acceptors (Lipinski definition) is 6. The Labute approximate surface area is 137 Å². The van der Waals surface area contributed by atoms with Crippen molar-refractivity contribution in [2.24, 2.45) is 5.10 Å². The molecule has 0 aromatic heterocycles. The SMILES string of the molecule is COc1cc(C(=O)O)cc(NC(=O)C2=NN(C)C(=O)CC2)c1OC. The van der Waals surface area contributed by atoms with Crippen LogP contribution in [-0.2, 0) is 9.59 Å².